The van der Waals surface area contributed by atoms with Crippen LogP contribution in [0.3, 0.4) is 0 Å². The van der Waals surface area contributed by atoms with E-state index in [4.69, 9.17) is 18.7 Å². The average molecular weight is 296 g/mol. The van der Waals surface area contributed by atoms with Crippen LogP contribution in [0, 0.1) is 5.82 Å². The minimum absolute atomic E-state index is 0.116. The molecule has 0 atom stereocenters. The number of halogens is 1. The van der Waals surface area contributed by atoms with Gasteiger partial charge in [-0.15, -0.1) is 0 Å². The number of rotatable bonds is 7. The highest BCUT2D eigenvalue weighted by atomic mass is 19.1. The van der Waals surface area contributed by atoms with E-state index in [-0.39, 0.29) is 11.6 Å². The van der Waals surface area contributed by atoms with Crippen LogP contribution in [0.2, 0.25) is 0 Å². The first kappa shape index (κ1) is 15.4. The van der Waals surface area contributed by atoms with Crippen molar-refractivity contribution in [2.75, 3.05) is 20.3 Å². The van der Waals surface area contributed by atoms with Crippen LogP contribution in [0.1, 0.15) is 26.0 Å². The lowest BCUT2D eigenvalue weighted by molar-refractivity contribution is -0.155. The van der Waals surface area contributed by atoms with Crippen LogP contribution in [0.4, 0.5) is 4.39 Å². The Labute approximate surface area is 121 Å². The average Bonchev–Trinajstić information content (AvgIpc) is 2.97. The van der Waals surface area contributed by atoms with E-state index in [9.17, 15) is 4.39 Å². The van der Waals surface area contributed by atoms with Gasteiger partial charge in [0.05, 0.1) is 7.11 Å². The van der Waals surface area contributed by atoms with Crippen LogP contribution < -0.4 is 4.74 Å². The monoisotopic (exact) mass is 296 g/mol. The molecule has 0 N–H and O–H groups in total. The van der Waals surface area contributed by atoms with Gasteiger partial charge in [0.2, 0.25) is 12.1 Å². The van der Waals surface area contributed by atoms with E-state index in [1.54, 1.807) is 6.07 Å². The normalized spacial score (nSPS) is 11.1. The Hall–Kier alpha value is -1.99. The molecule has 6 nitrogen and oxygen atoms in total. The van der Waals surface area contributed by atoms with Gasteiger partial charge in [0, 0.05) is 18.8 Å². The van der Waals surface area contributed by atoms with Crippen molar-refractivity contribution >= 4 is 0 Å². The molecule has 0 saturated carbocycles. The highest BCUT2D eigenvalue weighted by Gasteiger charge is 2.20. The lowest BCUT2D eigenvalue weighted by Crippen LogP contribution is -2.09. The van der Waals surface area contributed by atoms with E-state index < -0.39 is 12.1 Å². The van der Waals surface area contributed by atoms with Gasteiger partial charge in [0.1, 0.15) is 0 Å². The third-order valence-corrected chi connectivity index (χ3v) is 2.69. The maximum Gasteiger partial charge on any atom is 0.283 e. The van der Waals surface area contributed by atoms with Crippen molar-refractivity contribution in [3.63, 3.8) is 0 Å². The SMILES string of the molecule is CCOC(OCC)c1nc(-c2ccc(F)c(OC)c2)no1. The molecule has 0 aliphatic rings. The molecule has 1 aromatic heterocycles. The molecule has 0 aliphatic heterocycles. The first-order valence-corrected chi connectivity index (χ1v) is 6.60. The number of methoxy groups -OCH3 is 1. The zero-order chi connectivity index (χ0) is 15.2. The summed E-state index contributed by atoms with van der Waals surface area (Å²) in [4.78, 5) is 4.22. The summed E-state index contributed by atoms with van der Waals surface area (Å²) in [6.07, 6.45) is -0.705. The number of aromatic nitrogens is 2. The molecule has 1 aromatic carbocycles. The molecule has 2 rings (SSSR count). The van der Waals surface area contributed by atoms with E-state index in [1.807, 2.05) is 13.8 Å². The number of ether oxygens (including phenoxy) is 3. The number of hydrogen-bond donors (Lipinski definition) is 0. The summed E-state index contributed by atoms with van der Waals surface area (Å²) >= 11 is 0. The van der Waals surface area contributed by atoms with Crippen LogP contribution in [-0.4, -0.2) is 30.5 Å². The molecule has 0 fully saturated rings. The molecule has 0 amide bonds. The number of benzene rings is 1. The molecule has 0 spiro atoms. The zero-order valence-corrected chi connectivity index (χ0v) is 12.1. The topological polar surface area (TPSA) is 66.6 Å². The van der Waals surface area contributed by atoms with Crippen molar-refractivity contribution in [2.24, 2.45) is 0 Å². The van der Waals surface area contributed by atoms with E-state index >= 15 is 0 Å². The van der Waals surface area contributed by atoms with Crippen LogP contribution in [-0.2, 0) is 9.47 Å². The fourth-order valence-electron chi connectivity index (χ4n) is 1.74. The van der Waals surface area contributed by atoms with Crippen LogP contribution in [0.15, 0.2) is 22.7 Å². The second kappa shape index (κ2) is 7.14. The second-order valence-corrected chi connectivity index (χ2v) is 4.05. The molecule has 1 heterocycles. The molecule has 0 radical (unpaired) electrons. The van der Waals surface area contributed by atoms with Crippen LogP contribution in [0.5, 0.6) is 5.75 Å². The largest absolute Gasteiger partial charge is 0.494 e. The Morgan fingerprint density at radius 1 is 1.24 bits per heavy atom. The van der Waals surface area contributed by atoms with Gasteiger partial charge in [-0.25, -0.2) is 4.39 Å². The van der Waals surface area contributed by atoms with Gasteiger partial charge in [-0.05, 0) is 32.0 Å². The van der Waals surface area contributed by atoms with E-state index in [1.165, 1.54) is 19.2 Å². The van der Waals surface area contributed by atoms with E-state index in [0.29, 0.717) is 24.6 Å². The summed E-state index contributed by atoms with van der Waals surface area (Å²) in [5.41, 5.74) is 0.579. The molecule has 0 unspecified atom stereocenters. The molecular formula is C14H17FN2O4. The molecule has 21 heavy (non-hydrogen) atoms. The Bertz CT molecular complexity index is 582. The summed E-state index contributed by atoms with van der Waals surface area (Å²) in [7, 11) is 1.39. The predicted octanol–water partition coefficient (Wildman–Crippen LogP) is 2.96. The minimum Gasteiger partial charge on any atom is -0.494 e. The first-order valence-electron chi connectivity index (χ1n) is 6.60. The fraction of sp³-hybridized carbons (Fsp3) is 0.429. The molecular weight excluding hydrogens is 279 g/mol. The standard InChI is InChI=1S/C14H17FN2O4/c1-4-19-14(20-5-2)13-16-12(17-21-13)9-6-7-10(15)11(8-9)18-3/h6-8,14H,4-5H2,1-3H3. The Kier molecular flexibility index (Phi) is 5.24. The van der Waals surface area contributed by atoms with Gasteiger partial charge < -0.3 is 18.7 Å². The molecule has 114 valence electrons. The molecule has 0 aliphatic carbocycles. The van der Waals surface area contributed by atoms with Gasteiger partial charge >= 0.3 is 0 Å². The van der Waals surface area contributed by atoms with Crippen molar-refractivity contribution in [1.29, 1.82) is 0 Å². The maximum atomic E-state index is 13.4. The summed E-state index contributed by atoms with van der Waals surface area (Å²) < 4.78 is 34.2. The van der Waals surface area contributed by atoms with Crippen LogP contribution in [0.25, 0.3) is 11.4 Å². The van der Waals surface area contributed by atoms with Crippen molar-refractivity contribution < 1.29 is 23.1 Å². The van der Waals surface area contributed by atoms with Crippen molar-refractivity contribution in [3.8, 4) is 17.1 Å². The molecule has 0 bridgehead atoms. The third-order valence-electron chi connectivity index (χ3n) is 2.69. The van der Waals surface area contributed by atoms with Crippen molar-refractivity contribution in [1.82, 2.24) is 10.1 Å². The van der Waals surface area contributed by atoms with Crippen molar-refractivity contribution in [3.05, 3.63) is 29.9 Å². The summed E-state index contributed by atoms with van der Waals surface area (Å²) in [6, 6.07) is 4.33. The fourth-order valence-corrected chi connectivity index (χ4v) is 1.74. The predicted molar refractivity (Wildman–Crippen MR) is 72.2 cm³/mol. The van der Waals surface area contributed by atoms with E-state index in [0.717, 1.165) is 0 Å². The highest BCUT2D eigenvalue weighted by Crippen LogP contribution is 2.26. The molecule has 2 aromatic rings. The van der Waals surface area contributed by atoms with Gasteiger partial charge in [0.25, 0.3) is 5.89 Å². The van der Waals surface area contributed by atoms with Gasteiger partial charge in [-0.2, -0.15) is 4.98 Å². The van der Waals surface area contributed by atoms with Gasteiger partial charge in [-0.3, -0.25) is 0 Å². The van der Waals surface area contributed by atoms with Gasteiger partial charge in [-0.1, -0.05) is 5.16 Å². The smallest absolute Gasteiger partial charge is 0.283 e. The molecule has 7 heteroatoms. The summed E-state index contributed by atoms with van der Waals surface area (Å²) in [5.74, 6) is 0.196. The summed E-state index contributed by atoms with van der Waals surface area (Å²) in [5, 5.41) is 3.85. The second-order valence-electron chi connectivity index (χ2n) is 4.05. The quantitative estimate of drug-likeness (QED) is 0.732. The van der Waals surface area contributed by atoms with Gasteiger partial charge in [0.15, 0.2) is 11.6 Å². The lowest BCUT2D eigenvalue weighted by atomic mass is 10.2. The zero-order valence-electron chi connectivity index (χ0n) is 12.1. The number of hydrogen-bond acceptors (Lipinski definition) is 6. The number of nitrogens with zero attached hydrogens (tertiary/aromatic N) is 2. The highest BCUT2D eigenvalue weighted by molar-refractivity contribution is 5.57. The lowest BCUT2D eigenvalue weighted by Gasteiger charge is -2.11. The summed E-state index contributed by atoms with van der Waals surface area (Å²) in [6.45, 7) is 4.59. The minimum atomic E-state index is -0.705. The van der Waals surface area contributed by atoms with E-state index in [2.05, 4.69) is 10.1 Å². The van der Waals surface area contributed by atoms with Crippen LogP contribution >= 0.6 is 0 Å². The maximum absolute atomic E-state index is 13.4. The Balaban J connectivity index is 2.26. The van der Waals surface area contributed by atoms with Crippen molar-refractivity contribution in [2.45, 2.75) is 20.1 Å². The Morgan fingerprint density at radius 2 is 1.95 bits per heavy atom. The third kappa shape index (κ3) is 3.56. The molecule has 0 saturated heterocycles. The first-order chi connectivity index (χ1) is 10.2. The Morgan fingerprint density at radius 3 is 2.57 bits per heavy atom.